The molecule has 268 valence electrons. The molecule has 4 aromatic carbocycles. The molecule has 3 N–H and O–H groups in total. The number of unbranched alkanes of at least 4 members (excludes halogenated alkanes) is 4. The van der Waals surface area contributed by atoms with Crippen molar-refractivity contribution in [2.45, 2.75) is 57.9 Å². The molecule has 0 heterocycles. The molecule has 0 unspecified atom stereocenters. The van der Waals surface area contributed by atoms with Crippen LogP contribution < -0.4 is 29.6 Å². The summed E-state index contributed by atoms with van der Waals surface area (Å²) in [7, 11) is 3.06. The summed E-state index contributed by atoms with van der Waals surface area (Å²) in [6.45, 7) is 2.81. The lowest BCUT2D eigenvalue weighted by molar-refractivity contribution is -0.139. The maximum Gasteiger partial charge on any atom is 0.343 e. The van der Waals surface area contributed by atoms with Gasteiger partial charge in [0.1, 0.15) is 29.0 Å². The van der Waals surface area contributed by atoms with Crippen molar-refractivity contribution in [2.24, 2.45) is 0 Å². The third-order valence-corrected chi connectivity index (χ3v) is 7.99. The molecule has 11 nitrogen and oxygen atoms in total. The van der Waals surface area contributed by atoms with E-state index in [1.807, 2.05) is 0 Å². The van der Waals surface area contributed by atoms with Crippen LogP contribution in [0.4, 0.5) is 5.69 Å². The molecule has 0 spiro atoms. The van der Waals surface area contributed by atoms with Gasteiger partial charge in [0.15, 0.2) is 0 Å². The second-order valence-corrected chi connectivity index (χ2v) is 11.9. The van der Waals surface area contributed by atoms with Crippen molar-refractivity contribution in [1.82, 2.24) is 5.32 Å². The minimum absolute atomic E-state index is 0.00142. The summed E-state index contributed by atoms with van der Waals surface area (Å²) in [5.41, 5.74) is 2.38. The maximum absolute atomic E-state index is 12.9. The van der Waals surface area contributed by atoms with Gasteiger partial charge in [-0.3, -0.25) is 9.59 Å². The van der Waals surface area contributed by atoms with E-state index in [0.29, 0.717) is 52.0 Å². The fourth-order valence-corrected chi connectivity index (χ4v) is 5.18. The molecular weight excluding hydrogens is 652 g/mol. The Morgan fingerprint density at radius 3 is 1.90 bits per heavy atom. The van der Waals surface area contributed by atoms with Gasteiger partial charge in [-0.1, -0.05) is 44.7 Å². The zero-order valence-electron chi connectivity index (χ0n) is 29.1. The van der Waals surface area contributed by atoms with Crippen LogP contribution in [0.3, 0.4) is 0 Å². The molecule has 0 bridgehead atoms. The molecule has 0 fully saturated rings. The predicted octanol–water partition coefficient (Wildman–Crippen LogP) is 6.88. The quantitative estimate of drug-likeness (QED) is 0.0542. The first-order valence-corrected chi connectivity index (χ1v) is 16.9. The van der Waals surface area contributed by atoms with Crippen LogP contribution in [0.5, 0.6) is 23.0 Å². The Kier molecular flexibility index (Phi) is 14.4. The van der Waals surface area contributed by atoms with Gasteiger partial charge in [-0.15, -0.1) is 0 Å². The topological polar surface area (TPSA) is 149 Å². The van der Waals surface area contributed by atoms with Crippen LogP contribution in [0.1, 0.15) is 70.9 Å². The molecule has 0 aliphatic carbocycles. The highest BCUT2D eigenvalue weighted by molar-refractivity contribution is 5.98. The predicted molar refractivity (Wildman–Crippen MR) is 193 cm³/mol. The van der Waals surface area contributed by atoms with Crippen LogP contribution in [-0.2, 0) is 22.4 Å². The number of rotatable bonds is 19. The molecule has 0 aromatic heterocycles. The number of hydrogen-bond acceptors (Lipinski definition) is 8. The van der Waals surface area contributed by atoms with Crippen LogP contribution >= 0.6 is 0 Å². The number of ether oxygens (including phenoxy) is 4. The van der Waals surface area contributed by atoms with Crippen LogP contribution in [0.15, 0.2) is 91.0 Å². The molecule has 0 aliphatic rings. The first kappa shape index (κ1) is 38.0. The van der Waals surface area contributed by atoms with Crippen LogP contribution in [0.25, 0.3) is 0 Å². The molecule has 2 amide bonds. The molecule has 11 heteroatoms. The highest BCUT2D eigenvalue weighted by Crippen LogP contribution is 2.23. The monoisotopic (exact) mass is 696 g/mol. The summed E-state index contributed by atoms with van der Waals surface area (Å²) in [4.78, 5) is 50.3. The Balaban J connectivity index is 1.25. The molecule has 0 saturated carbocycles. The van der Waals surface area contributed by atoms with Gasteiger partial charge in [0.05, 0.1) is 32.8 Å². The molecule has 51 heavy (non-hydrogen) atoms. The highest BCUT2D eigenvalue weighted by Gasteiger charge is 2.22. The number of carboxylic acid groups (broad SMARTS) is 1. The molecule has 1 atom stereocenters. The van der Waals surface area contributed by atoms with Crippen molar-refractivity contribution in [3.05, 3.63) is 113 Å². The SMILES string of the molecule is CCCCCCCOc1ccc(C(=O)Oc2ccc(C[C@H](NC(=O)c3ccc(NC(=O)Cc4cc(OC)cc(OC)c4)cc3)C(=O)O)cc2)cc1. The average molecular weight is 697 g/mol. The number of carbonyl (C=O) groups excluding carboxylic acids is 3. The van der Waals surface area contributed by atoms with Crippen LogP contribution in [0, 0.1) is 0 Å². The van der Waals surface area contributed by atoms with Crippen LogP contribution in [0.2, 0.25) is 0 Å². The molecular formula is C40H44N2O9. The standard InChI is InChI=1S/C40H44N2O9/c1-4-5-6-7-8-21-50-32-19-13-30(14-20-32)40(47)51-33-17-9-27(10-18-33)24-36(39(45)46)42-38(44)29-11-15-31(16-12-29)41-37(43)25-28-22-34(48-2)26-35(23-28)49-3/h9-20,22-23,26,36H,4-8,21,24-25H2,1-3H3,(H,41,43)(H,42,44)(H,45,46)/t36-/m0/s1. The summed E-state index contributed by atoms with van der Waals surface area (Å²) >= 11 is 0. The Labute approximate surface area is 297 Å². The second kappa shape index (κ2) is 19.4. The molecule has 0 saturated heterocycles. The minimum atomic E-state index is -1.22. The van der Waals surface area contributed by atoms with E-state index in [1.165, 1.54) is 45.6 Å². The Morgan fingerprint density at radius 1 is 0.686 bits per heavy atom. The second-order valence-electron chi connectivity index (χ2n) is 11.9. The van der Waals surface area contributed by atoms with Gasteiger partial charge in [0.2, 0.25) is 5.91 Å². The lowest BCUT2D eigenvalue weighted by Gasteiger charge is -2.15. The number of benzene rings is 4. The van der Waals surface area contributed by atoms with Crippen molar-refractivity contribution in [3.63, 3.8) is 0 Å². The van der Waals surface area contributed by atoms with Gasteiger partial charge >= 0.3 is 11.9 Å². The van der Waals surface area contributed by atoms with E-state index < -0.39 is 23.9 Å². The van der Waals surface area contributed by atoms with Gasteiger partial charge in [-0.25, -0.2) is 9.59 Å². The number of hydrogen-bond donors (Lipinski definition) is 3. The summed E-state index contributed by atoms with van der Waals surface area (Å²) in [5.74, 6) is -0.491. The minimum Gasteiger partial charge on any atom is -0.497 e. The van der Waals surface area contributed by atoms with Crippen molar-refractivity contribution in [2.75, 3.05) is 26.1 Å². The fraction of sp³-hybridized carbons (Fsp3) is 0.300. The molecule has 4 aromatic rings. The zero-order valence-corrected chi connectivity index (χ0v) is 29.1. The van der Waals surface area contributed by atoms with Crippen molar-refractivity contribution >= 4 is 29.4 Å². The normalized spacial score (nSPS) is 11.2. The first-order chi connectivity index (χ1) is 24.7. The number of methoxy groups -OCH3 is 2. The lowest BCUT2D eigenvalue weighted by Crippen LogP contribution is -2.42. The largest absolute Gasteiger partial charge is 0.497 e. The van der Waals surface area contributed by atoms with Gasteiger partial charge in [0, 0.05) is 23.7 Å². The summed E-state index contributed by atoms with van der Waals surface area (Å²) in [6, 6.07) is 23.3. The van der Waals surface area contributed by atoms with Crippen LogP contribution in [-0.4, -0.2) is 55.7 Å². The smallest absolute Gasteiger partial charge is 0.343 e. The number of esters is 1. The number of nitrogens with one attached hydrogen (secondary N) is 2. The van der Waals surface area contributed by atoms with E-state index in [4.69, 9.17) is 18.9 Å². The summed E-state index contributed by atoms with van der Waals surface area (Å²) in [6.07, 6.45) is 5.81. The van der Waals surface area contributed by atoms with Crippen molar-refractivity contribution < 1.29 is 43.2 Å². The zero-order chi connectivity index (χ0) is 36.6. The molecule has 0 aliphatic heterocycles. The van der Waals surface area contributed by atoms with Crippen molar-refractivity contribution in [1.29, 1.82) is 0 Å². The number of anilines is 1. The van der Waals surface area contributed by atoms with Gasteiger partial charge in [0.25, 0.3) is 5.91 Å². The third kappa shape index (κ3) is 12.2. The summed E-state index contributed by atoms with van der Waals surface area (Å²) < 4.78 is 21.7. The lowest BCUT2D eigenvalue weighted by atomic mass is 10.0. The van der Waals surface area contributed by atoms with E-state index in [1.54, 1.807) is 78.9 Å². The number of amides is 2. The Bertz CT molecular complexity index is 1730. The third-order valence-electron chi connectivity index (χ3n) is 7.99. The number of carboxylic acids is 1. The Morgan fingerprint density at radius 2 is 1.29 bits per heavy atom. The van der Waals surface area contributed by atoms with Crippen molar-refractivity contribution in [3.8, 4) is 23.0 Å². The average Bonchev–Trinajstić information content (AvgIpc) is 3.13. The fourth-order valence-electron chi connectivity index (χ4n) is 5.18. The van der Waals surface area contributed by atoms with E-state index in [9.17, 15) is 24.3 Å². The van der Waals surface area contributed by atoms with Gasteiger partial charge in [-0.05, 0) is 90.3 Å². The van der Waals surface area contributed by atoms with Gasteiger partial charge < -0.3 is 34.7 Å². The van der Waals surface area contributed by atoms with Gasteiger partial charge in [-0.2, -0.15) is 0 Å². The number of carbonyl (C=O) groups is 4. The maximum atomic E-state index is 12.9. The molecule has 0 radical (unpaired) electrons. The van der Waals surface area contributed by atoms with E-state index in [-0.39, 0.29) is 24.3 Å². The highest BCUT2D eigenvalue weighted by atomic mass is 16.5. The Hall–Kier alpha value is -5.84. The first-order valence-electron chi connectivity index (χ1n) is 16.9. The van der Waals surface area contributed by atoms with E-state index in [0.717, 1.165) is 12.8 Å². The number of aliphatic carboxylic acids is 1. The van der Waals surface area contributed by atoms with E-state index >= 15 is 0 Å². The summed E-state index contributed by atoms with van der Waals surface area (Å²) in [5, 5.41) is 15.1. The van der Waals surface area contributed by atoms with E-state index in [2.05, 4.69) is 17.6 Å². The molecule has 4 rings (SSSR count).